The summed E-state index contributed by atoms with van der Waals surface area (Å²) in [4.78, 5) is 0. The number of hydrogen-bond donors (Lipinski definition) is 0. The number of rotatable bonds is 3. The molecule has 0 amide bonds. The van der Waals surface area contributed by atoms with E-state index in [0.717, 1.165) is 23.8 Å². The van der Waals surface area contributed by atoms with Crippen LogP contribution in [0.5, 0.6) is 0 Å². The van der Waals surface area contributed by atoms with Crippen LogP contribution in [0.1, 0.15) is 29.2 Å². The van der Waals surface area contributed by atoms with Crippen molar-refractivity contribution >= 4 is 5.57 Å². The maximum Gasteiger partial charge on any atom is 0.159 e. The molecule has 148 valence electrons. The van der Waals surface area contributed by atoms with Crippen molar-refractivity contribution < 1.29 is 22.0 Å². The molecule has 0 saturated carbocycles. The zero-order valence-corrected chi connectivity index (χ0v) is 15.6. The molecule has 0 bridgehead atoms. The lowest BCUT2D eigenvalue weighted by molar-refractivity contribution is 0.508. The molecule has 5 heteroatoms. The van der Waals surface area contributed by atoms with E-state index in [1.165, 1.54) is 12.1 Å². The van der Waals surface area contributed by atoms with Crippen molar-refractivity contribution in [1.82, 2.24) is 0 Å². The minimum Gasteiger partial charge on any atom is -0.206 e. The van der Waals surface area contributed by atoms with Crippen LogP contribution in [0.2, 0.25) is 0 Å². The maximum absolute atomic E-state index is 15.1. The normalized spacial score (nSPS) is 13.2. The third-order valence-electron chi connectivity index (χ3n) is 5.34. The van der Waals surface area contributed by atoms with Crippen LogP contribution < -0.4 is 0 Å². The first kappa shape index (κ1) is 19.4. The first-order chi connectivity index (χ1) is 13.9. The Bertz CT molecular complexity index is 1140. The molecule has 3 aromatic carbocycles. The molecule has 0 fully saturated rings. The lowest BCUT2D eigenvalue weighted by atomic mass is 9.85. The number of aryl methyl sites for hydroxylation is 1. The first-order valence-electron chi connectivity index (χ1n) is 9.32. The van der Waals surface area contributed by atoms with Crippen LogP contribution >= 0.6 is 0 Å². The van der Waals surface area contributed by atoms with E-state index in [1.807, 2.05) is 13.0 Å². The van der Waals surface area contributed by atoms with Crippen LogP contribution in [0.3, 0.4) is 0 Å². The number of fused-ring (bicyclic) bond motifs is 1. The lowest BCUT2D eigenvalue weighted by Crippen LogP contribution is -2.09. The molecule has 4 rings (SSSR count). The SMILES string of the molecule is CCc1ccc(C2=CCc3c(cc(F)c(-c4ccc(F)c(F)c4)c3F)C2)c(F)c1. The fourth-order valence-electron chi connectivity index (χ4n) is 3.75. The number of halogens is 5. The van der Waals surface area contributed by atoms with Gasteiger partial charge in [0.05, 0.1) is 5.56 Å². The molecule has 0 aliphatic heterocycles. The van der Waals surface area contributed by atoms with Gasteiger partial charge in [-0.05, 0) is 71.4 Å². The van der Waals surface area contributed by atoms with Crippen LogP contribution in [0.4, 0.5) is 22.0 Å². The molecule has 1 aliphatic carbocycles. The second kappa shape index (κ2) is 7.47. The van der Waals surface area contributed by atoms with Crippen LogP contribution in [0.25, 0.3) is 16.7 Å². The zero-order chi connectivity index (χ0) is 20.7. The van der Waals surface area contributed by atoms with Crippen molar-refractivity contribution in [3.8, 4) is 11.1 Å². The van der Waals surface area contributed by atoms with E-state index in [-0.39, 0.29) is 29.8 Å². The van der Waals surface area contributed by atoms with E-state index in [4.69, 9.17) is 0 Å². The summed E-state index contributed by atoms with van der Waals surface area (Å²) >= 11 is 0. The first-order valence-corrected chi connectivity index (χ1v) is 9.32. The number of hydrogen-bond acceptors (Lipinski definition) is 0. The molecular weight excluding hydrogens is 383 g/mol. The summed E-state index contributed by atoms with van der Waals surface area (Å²) < 4.78 is 71.0. The van der Waals surface area contributed by atoms with Gasteiger partial charge in [-0.1, -0.05) is 31.2 Å². The van der Waals surface area contributed by atoms with E-state index in [0.29, 0.717) is 23.1 Å². The molecule has 0 radical (unpaired) electrons. The fourth-order valence-corrected chi connectivity index (χ4v) is 3.75. The summed E-state index contributed by atoms with van der Waals surface area (Å²) in [5.41, 5.74) is 2.19. The van der Waals surface area contributed by atoms with Gasteiger partial charge in [0.2, 0.25) is 0 Å². The van der Waals surface area contributed by atoms with Gasteiger partial charge >= 0.3 is 0 Å². The minimum absolute atomic E-state index is 0.0716. The van der Waals surface area contributed by atoms with Gasteiger partial charge in [-0.25, -0.2) is 22.0 Å². The Hall–Kier alpha value is -2.95. The van der Waals surface area contributed by atoms with Gasteiger partial charge in [-0.15, -0.1) is 0 Å². The van der Waals surface area contributed by atoms with Crippen LogP contribution in [0.15, 0.2) is 48.5 Å². The van der Waals surface area contributed by atoms with E-state index in [1.54, 1.807) is 12.1 Å². The van der Waals surface area contributed by atoms with Crippen molar-refractivity contribution in [3.05, 3.63) is 99.9 Å². The Kier molecular flexibility index (Phi) is 4.99. The fraction of sp³-hybridized carbons (Fsp3) is 0.167. The van der Waals surface area contributed by atoms with Gasteiger partial charge in [0, 0.05) is 5.56 Å². The highest BCUT2D eigenvalue weighted by atomic mass is 19.2. The highest BCUT2D eigenvalue weighted by Gasteiger charge is 2.24. The van der Waals surface area contributed by atoms with Gasteiger partial charge in [0.1, 0.15) is 17.5 Å². The van der Waals surface area contributed by atoms with Gasteiger partial charge in [0.15, 0.2) is 11.6 Å². The topological polar surface area (TPSA) is 0 Å². The van der Waals surface area contributed by atoms with Gasteiger partial charge in [-0.2, -0.15) is 0 Å². The number of allylic oxidation sites excluding steroid dienone is 2. The number of benzene rings is 3. The van der Waals surface area contributed by atoms with Crippen molar-refractivity contribution in [3.63, 3.8) is 0 Å². The molecule has 0 aromatic heterocycles. The van der Waals surface area contributed by atoms with Crippen molar-refractivity contribution in [2.45, 2.75) is 26.2 Å². The Morgan fingerprint density at radius 2 is 1.59 bits per heavy atom. The van der Waals surface area contributed by atoms with Crippen molar-refractivity contribution in [1.29, 1.82) is 0 Å². The third kappa shape index (κ3) is 3.46. The summed E-state index contributed by atoms with van der Waals surface area (Å²) in [6.07, 6.45) is 2.77. The van der Waals surface area contributed by atoms with Gasteiger partial charge < -0.3 is 0 Å². The summed E-state index contributed by atoms with van der Waals surface area (Å²) in [5, 5.41) is 0. The van der Waals surface area contributed by atoms with Gasteiger partial charge in [-0.3, -0.25) is 0 Å². The van der Waals surface area contributed by atoms with Crippen LogP contribution in [-0.2, 0) is 19.3 Å². The smallest absolute Gasteiger partial charge is 0.159 e. The third-order valence-corrected chi connectivity index (χ3v) is 5.34. The Morgan fingerprint density at radius 3 is 2.28 bits per heavy atom. The molecule has 0 saturated heterocycles. The predicted octanol–water partition coefficient (Wildman–Crippen LogP) is 6.79. The van der Waals surface area contributed by atoms with Crippen LogP contribution in [0, 0.1) is 29.1 Å². The maximum atomic E-state index is 15.1. The Balaban J connectivity index is 1.74. The average molecular weight is 400 g/mol. The van der Waals surface area contributed by atoms with Crippen molar-refractivity contribution in [2.24, 2.45) is 0 Å². The largest absolute Gasteiger partial charge is 0.206 e. The molecule has 0 heterocycles. The summed E-state index contributed by atoms with van der Waals surface area (Å²) in [6, 6.07) is 8.94. The zero-order valence-electron chi connectivity index (χ0n) is 15.6. The molecule has 0 N–H and O–H groups in total. The molecular formula is C24H17F5. The molecule has 0 unspecified atom stereocenters. The Morgan fingerprint density at radius 1 is 0.793 bits per heavy atom. The summed E-state index contributed by atoms with van der Waals surface area (Å²) in [5.74, 6) is -4.29. The van der Waals surface area contributed by atoms with Gasteiger partial charge in [0.25, 0.3) is 0 Å². The highest BCUT2D eigenvalue weighted by Crippen LogP contribution is 2.36. The van der Waals surface area contributed by atoms with E-state index >= 15 is 4.39 Å². The highest BCUT2D eigenvalue weighted by molar-refractivity contribution is 5.74. The molecule has 0 spiro atoms. The van der Waals surface area contributed by atoms with E-state index < -0.39 is 28.8 Å². The van der Waals surface area contributed by atoms with Crippen molar-refractivity contribution in [2.75, 3.05) is 0 Å². The molecule has 0 nitrogen and oxygen atoms in total. The summed E-state index contributed by atoms with van der Waals surface area (Å²) in [7, 11) is 0. The Labute approximate surface area is 165 Å². The molecule has 0 atom stereocenters. The lowest BCUT2D eigenvalue weighted by Gasteiger charge is -2.21. The monoisotopic (exact) mass is 400 g/mol. The average Bonchev–Trinajstić information content (AvgIpc) is 2.70. The molecule has 3 aromatic rings. The molecule has 29 heavy (non-hydrogen) atoms. The van der Waals surface area contributed by atoms with E-state index in [9.17, 15) is 17.6 Å². The predicted molar refractivity (Wildman–Crippen MR) is 103 cm³/mol. The molecule has 1 aliphatic rings. The standard InChI is InChI=1S/C24H17F5/c1-2-13-3-6-17(20(26)9-13)14-4-7-18-16(10-14)12-22(28)23(24(18)29)15-5-8-19(25)21(27)11-15/h3-6,8-9,11-12H,2,7,10H2,1H3. The van der Waals surface area contributed by atoms with Crippen LogP contribution in [-0.4, -0.2) is 0 Å². The second-order valence-corrected chi connectivity index (χ2v) is 7.09. The minimum atomic E-state index is -1.17. The quantitative estimate of drug-likeness (QED) is 0.425. The second-order valence-electron chi connectivity index (χ2n) is 7.09. The summed E-state index contributed by atoms with van der Waals surface area (Å²) in [6.45, 7) is 1.93. The van der Waals surface area contributed by atoms with E-state index in [2.05, 4.69) is 0 Å².